The molecule has 1 aliphatic rings. The second-order valence-corrected chi connectivity index (χ2v) is 8.26. The van der Waals surface area contributed by atoms with Gasteiger partial charge < -0.3 is 14.2 Å². The molecule has 0 saturated heterocycles. The number of amides is 1. The molecular weight excluding hydrogens is 454 g/mol. The van der Waals surface area contributed by atoms with E-state index in [9.17, 15) is 9.59 Å². The molecule has 0 aliphatic carbocycles. The SMILES string of the molecule is CCOC(=O)C1=C(NC(=O)c2ccccc2OC)Oc2ccc3ccccc3c2C1c1ccccc1. The molecule has 0 fully saturated rings. The van der Waals surface area contributed by atoms with Crippen molar-refractivity contribution in [2.24, 2.45) is 0 Å². The van der Waals surface area contributed by atoms with Crippen molar-refractivity contribution in [3.8, 4) is 11.5 Å². The topological polar surface area (TPSA) is 73.9 Å². The first-order chi connectivity index (χ1) is 17.6. The Balaban J connectivity index is 1.72. The number of carbonyl (C=O) groups is 2. The van der Waals surface area contributed by atoms with Gasteiger partial charge in [-0.05, 0) is 41.5 Å². The number of para-hydroxylation sites is 1. The molecule has 0 saturated carbocycles. The van der Waals surface area contributed by atoms with E-state index in [1.165, 1.54) is 7.11 Å². The summed E-state index contributed by atoms with van der Waals surface area (Å²) in [7, 11) is 1.50. The Labute approximate surface area is 209 Å². The van der Waals surface area contributed by atoms with Crippen molar-refractivity contribution in [1.29, 1.82) is 0 Å². The number of nitrogens with one attached hydrogen (secondary N) is 1. The summed E-state index contributed by atoms with van der Waals surface area (Å²) < 4.78 is 17.1. The smallest absolute Gasteiger partial charge is 0.340 e. The third-order valence-electron chi connectivity index (χ3n) is 6.17. The fourth-order valence-corrected chi connectivity index (χ4v) is 4.60. The van der Waals surface area contributed by atoms with Gasteiger partial charge in [-0.2, -0.15) is 0 Å². The van der Waals surface area contributed by atoms with Crippen LogP contribution in [0, 0.1) is 0 Å². The highest BCUT2D eigenvalue weighted by atomic mass is 16.5. The first-order valence-electron chi connectivity index (χ1n) is 11.7. The van der Waals surface area contributed by atoms with Crippen molar-refractivity contribution < 1.29 is 23.8 Å². The molecule has 6 nitrogen and oxygen atoms in total. The van der Waals surface area contributed by atoms with Gasteiger partial charge in [-0.25, -0.2) is 4.79 Å². The van der Waals surface area contributed by atoms with Gasteiger partial charge in [-0.15, -0.1) is 0 Å². The van der Waals surface area contributed by atoms with Gasteiger partial charge in [0.15, 0.2) is 0 Å². The third-order valence-corrected chi connectivity index (χ3v) is 6.17. The Morgan fingerprint density at radius 1 is 0.889 bits per heavy atom. The van der Waals surface area contributed by atoms with Crippen LogP contribution in [0.1, 0.15) is 34.3 Å². The van der Waals surface area contributed by atoms with Crippen molar-refractivity contribution >= 4 is 22.6 Å². The second-order valence-electron chi connectivity index (χ2n) is 8.26. The third kappa shape index (κ3) is 4.18. The van der Waals surface area contributed by atoms with Gasteiger partial charge >= 0.3 is 5.97 Å². The number of ether oxygens (including phenoxy) is 3. The summed E-state index contributed by atoms with van der Waals surface area (Å²) >= 11 is 0. The number of esters is 1. The van der Waals surface area contributed by atoms with Crippen LogP contribution in [0.2, 0.25) is 0 Å². The largest absolute Gasteiger partial charge is 0.496 e. The summed E-state index contributed by atoms with van der Waals surface area (Å²) in [5.41, 5.74) is 2.28. The Hall–Kier alpha value is -4.58. The molecule has 0 spiro atoms. The van der Waals surface area contributed by atoms with E-state index in [-0.39, 0.29) is 18.1 Å². The molecule has 5 rings (SSSR count). The molecule has 0 radical (unpaired) electrons. The predicted molar refractivity (Wildman–Crippen MR) is 137 cm³/mol. The zero-order valence-corrected chi connectivity index (χ0v) is 20.0. The summed E-state index contributed by atoms with van der Waals surface area (Å²) in [5, 5.41) is 4.80. The van der Waals surface area contributed by atoms with Crippen LogP contribution in [0.5, 0.6) is 11.5 Å². The second kappa shape index (κ2) is 9.96. The lowest BCUT2D eigenvalue weighted by molar-refractivity contribution is -0.139. The zero-order valence-electron chi connectivity index (χ0n) is 20.0. The van der Waals surface area contributed by atoms with E-state index in [0.717, 1.165) is 21.9 Å². The average molecular weight is 480 g/mol. The van der Waals surface area contributed by atoms with Crippen molar-refractivity contribution in [3.05, 3.63) is 119 Å². The zero-order chi connectivity index (χ0) is 25.1. The van der Waals surface area contributed by atoms with Gasteiger partial charge in [0, 0.05) is 5.56 Å². The molecule has 1 N–H and O–H groups in total. The lowest BCUT2D eigenvalue weighted by Crippen LogP contribution is -2.34. The van der Waals surface area contributed by atoms with Gasteiger partial charge in [-0.3, -0.25) is 10.1 Å². The van der Waals surface area contributed by atoms with Crippen LogP contribution in [0.3, 0.4) is 0 Å². The fraction of sp³-hybridized carbons (Fsp3) is 0.133. The first-order valence-corrected chi connectivity index (χ1v) is 11.7. The van der Waals surface area contributed by atoms with E-state index in [1.807, 2.05) is 66.7 Å². The Morgan fingerprint density at radius 3 is 2.39 bits per heavy atom. The molecule has 4 aromatic rings. The van der Waals surface area contributed by atoms with Crippen molar-refractivity contribution in [2.75, 3.05) is 13.7 Å². The molecule has 0 bridgehead atoms. The van der Waals surface area contributed by atoms with Crippen LogP contribution in [-0.4, -0.2) is 25.6 Å². The summed E-state index contributed by atoms with van der Waals surface area (Å²) in [6, 6.07) is 28.3. The molecule has 1 amide bonds. The predicted octanol–water partition coefficient (Wildman–Crippen LogP) is 5.58. The van der Waals surface area contributed by atoms with Crippen LogP contribution in [-0.2, 0) is 9.53 Å². The van der Waals surface area contributed by atoms with Gasteiger partial charge in [0.25, 0.3) is 5.91 Å². The number of benzene rings is 4. The Kier molecular flexibility index (Phi) is 6.41. The summed E-state index contributed by atoms with van der Waals surface area (Å²) in [6.07, 6.45) is 0. The van der Waals surface area contributed by atoms with E-state index in [0.29, 0.717) is 17.1 Å². The number of hydrogen-bond acceptors (Lipinski definition) is 5. The van der Waals surface area contributed by atoms with Crippen LogP contribution in [0.15, 0.2) is 102 Å². The monoisotopic (exact) mass is 479 g/mol. The fourth-order valence-electron chi connectivity index (χ4n) is 4.60. The van der Waals surface area contributed by atoms with E-state index >= 15 is 0 Å². The lowest BCUT2D eigenvalue weighted by atomic mass is 9.80. The van der Waals surface area contributed by atoms with E-state index in [2.05, 4.69) is 5.32 Å². The molecule has 36 heavy (non-hydrogen) atoms. The first kappa shape index (κ1) is 23.2. The number of rotatable bonds is 6. The Morgan fingerprint density at radius 2 is 1.61 bits per heavy atom. The molecule has 1 unspecified atom stereocenters. The highest BCUT2D eigenvalue weighted by molar-refractivity contribution is 6.01. The van der Waals surface area contributed by atoms with E-state index in [1.54, 1.807) is 31.2 Å². The molecule has 4 aromatic carbocycles. The molecule has 1 heterocycles. The average Bonchev–Trinajstić information content (AvgIpc) is 2.92. The maximum Gasteiger partial charge on any atom is 0.340 e. The van der Waals surface area contributed by atoms with Gasteiger partial charge in [-0.1, -0.05) is 72.8 Å². The minimum atomic E-state index is -0.555. The van der Waals surface area contributed by atoms with Crippen LogP contribution < -0.4 is 14.8 Å². The quantitative estimate of drug-likeness (QED) is 0.366. The maximum absolute atomic E-state index is 13.4. The van der Waals surface area contributed by atoms with Gasteiger partial charge in [0.05, 0.1) is 25.2 Å². The van der Waals surface area contributed by atoms with E-state index < -0.39 is 17.8 Å². The molecule has 1 atom stereocenters. The number of fused-ring (bicyclic) bond motifs is 3. The normalized spacial score (nSPS) is 14.6. The minimum absolute atomic E-state index is 0.0426. The summed E-state index contributed by atoms with van der Waals surface area (Å²) in [6.45, 7) is 1.93. The van der Waals surface area contributed by atoms with Crippen LogP contribution in [0.4, 0.5) is 0 Å². The van der Waals surface area contributed by atoms with Crippen molar-refractivity contribution in [2.45, 2.75) is 12.8 Å². The number of carbonyl (C=O) groups excluding carboxylic acids is 2. The maximum atomic E-state index is 13.4. The minimum Gasteiger partial charge on any atom is -0.496 e. The lowest BCUT2D eigenvalue weighted by Gasteiger charge is -2.31. The summed E-state index contributed by atoms with van der Waals surface area (Å²) in [4.78, 5) is 26.8. The van der Waals surface area contributed by atoms with Crippen LogP contribution >= 0.6 is 0 Å². The Bertz CT molecular complexity index is 1480. The van der Waals surface area contributed by atoms with E-state index in [4.69, 9.17) is 14.2 Å². The standard InChI is InChI=1S/C30H25NO5/c1-3-35-30(33)27-25(20-12-5-4-6-13-20)26-21-14-8-7-11-19(21)17-18-24(26)36-29(27)31-28(32)22-15-9-10-16-23(22)34-2/h4-18,25H,3H2,1-2H3,(H,31,32). The summed E-state index contributed by atoms with van der Waals surface area (Å²) in [5.74, 6) is -0.518. The molecule has 0 aromatic heterocycles. The van der Waals surface area contributed by atoms with Crippen molar-refractivity contribution in [1.82, 2.24) is 5.32 Å². The highest BCUT2D eigenvalue weighted by Crippen LogP contribution is 2.46. The molecule has 6 heteroatoms. The number of methoxy groups -OCH3 is 1. The molecule has 1 aliphatic heterocycles. The molecular formula is C30H25NO5. The number of hydrogen-bond donors (Lipinski definition) is 1. The van der Waals surface area contributed by atoms with Crippen LogP contribution in [0.25, 0.3) is 10.8 Å². The van der Waals surface area contributed by atoms with Gasteiger partial charge in [0.1, 0.15) is 17.1 Å². The van der Waals surface area contributed by atoms with Crippen molar-refractivity contribution in [3.63, 3.8) is 0 Å². The highest BCUT2D eigenvalue weighted by Gasteiger charge is 2.38. The van der Waals surface area contributed by atoms with Gasteiger partial charge in [0.2, 0.25) is 5.88 Å². The molecule has 180 valence electrons.